The molecule has 2 rings (SSSR count). The Balaban J connectivity index is 1.83. The van der Waals surface area contributed by atoms with Crippen LogP contribution in [-0.4, -0.2) is 32.7 Å². The standard InChI is InChI=1S/C17H18N2O4/c1-22-14-7-3-12(4-8-14)16(20)18-11-19-17(21)13-5-9-15(23-2)10-6-13/h3-10H,11H2,1-2H3,(H,18,20)(H,19,21). The Morgan fingerprint density at radius 2 is 1.09 bits per heavy atom. The Bertz CT molecular complexity index is 606. The van der Waals surface area contributed by atoms with Gasteiger partial charge in [-0.05, 0) is 48.5 Å². The third-order valence-corrected chi connectivity index (χ3v) is 3.20. The maximum atomic E-state index is 11.9. The highest BCUT2D eigenvalue weighted by atomic mass is 16.5. The molecule has 2 aromatic rings. The van der Waals surface area contributed by atoms with E-state index in [0.717, 1.165) is 0 Å². The van der Waals surface area contributed by atoms with E-state index in [1.54, 1.807) is 62.8 Å². The van der Waals surface area contributed by atoms with Crippen molar-refractivity contribution in [3.05, 3.63) is 59.7 Å². The summed E-state index contributed by atoms with van der Waals surface area (Å²) in [7, 11) is 3.12. The molecule has 0 fully saturated rings. The number of benzene rings is 2. The van der Waals surface area contributed by atoms with Gasteiger partial charge in [0, 0.05) is 11.1 Å². The average molecular weight is 314 g/mol. The summed E-state index contributed by atoms with van der Waals surface area (Å²) in [5, 5.41) is 5.25. The molecule has 2 amide bonds. The fraction of sp³-hybridized carbons (Fsp3) is 0.176. The van der Waals surface area contributed by atoms with Gasteiger partial charge < -0.3 is 20.1 Å². The van der Waals surface area contributed by atoms with Crippen molar-refractivity contribution in [3.8, 4) is 11.5 Å². The molecule has 0 saturated carbocycles. The zero-order valence-electron chi connectivity index (χ0n) is 13.0. The van der Waals surface area contributed by atoms with Crippen LogP contribution in [0.5, 0.6) is 11.5 Å². The largest absolute Gasteiger partial charge is 0.497 e. The second kappa shape index (κ2) is 7.84. The number of carbonyl (C=O) groups is 2. The molecule has 0 radical (unpaired) electrons. The van der Waals surface area contributed by atoms with Crippen molar-refractivity contribution >= 4 is 11.8 Å². The third-order valence-electron chi connectivity index (χ3n) is 3.20. The number of hydrogen-bond acceptors (Lipinski definition) is 4. The van der Waals surface area contributed by atoms with Gasteiger partial charge >= 0.3 is 0 Å². The monoisotopic (exact) mass is 314 g/mol. The third kappa shape index (κ3) is 4.47. The van der Waals surface area contributed by atoms with E-state index in [-0.39, 0.29) is 18.5 Å². The van der Waals surface area contributed by atoms with Gasteiger partial charge in [0.05, 0.1) is 20.9 Å². The Labute approximate surface area is 134 Å². The van der Waals surface area contributed by atoms with E-state index in [1.165, 1.54) is 0 Å². The van der Waals surface area contributed by atoms with Crippen molar-refractivity contribution in [1.29, 1.82) is 0 Å². The fourth-order valence-corrected chi connectivity index (χ4v) is 1.89. The summed E-state index contributed by atoms with van der Waals surface area (Å²) in [6, 6.07) is 13.4. The van der Waals surface area contributed by atoms with Gasteiger partial charge in [0.15, 0.2) is 0 Å². The van der Waals surface area contributed by atoms with Crippen molar-refractivity contribution < 1.29 is 19.1 Å². The quantitative estimate of drug-likeness (QED) is 0.798. The summed E-state index contributed by atoms with van der Waals surface area (Å²) in [5.41, 5.74) is 0.981. The molecule has 2 aromatic carbocycles. The van der Waals surface area contributed by atoms with Crippen LogP contribution in [0.1, 0.15) is 20.7 Å². The smallest absolute Gasteiger partial charge is 0.252 e. The van der Waals surface area contributed by atoms with E-state index in [9.17, 15) is 9.59 Å². The van der Waals surface area contributed by atoms with Crippen LogP contribution in [0.25, 0.3) is 0 Å². The number of amides is 2. The van der Waals surface area contributed by atoms with Crippen LogP contribution in [-0.2, 0) is 0 Å². The normalized spacial score (nSPS) is 9.83. The molecule has 120 valence electrons. The number of carbonyl (C=O) groups excluding carboxylic acids is 2. The maximum absolute atomic E-state index is 11.9. The lowest BCUT2D eigenvalue weighted by Crippen LogP contribution is -2.37. The zero-order valence-corrected chi connectivity index (χ0v) is 13.0. The Morgan fingerprint density at radius 1 is 0.739 bits per heavy atom. The summed E-state index contributed by atoms with van der Waals surface area (Å²) in [5.74, 6) is 0.800. The van der Waals surface area contributed by atoms with Gasteiger partial charge in [0.25, 0.3) is 11.8 Å². The van der Waals surface area contributed by atoms with Gasteiger partial charge in [-0.3, -0.25) is 9.59 Å². The van der Waals surface area contributed by atoms with Gasteiger partial charge in [0.1, 0.15) is 11.5 Å². The summed E-state index contributed by atoms with van der Waals surface area (Å²) in [6.45, 7) is 0.0374. The van der Waals surface area contributed by atoms with Crippen molar-refractivity contribution in [2.45, 2.75) is 0 Å². The van der Waals surface area contributed by atoms with Crippen molar-refractivity contribution in [1.82, 2.24) is 10.6 Å². The van der Waals surface area contributed by atoms with Gasteiger partial charge in [-0.15, -0.1) is 0 Å². The summed E-state index contributed by atoms with van der Waals surface area (Å²) < 4.78 is 10.1. The second-order valence-corrected chi connectivity index (χ2v) is 4.65. The van der Waals surface area contributed by atoms with Crippen molar-refractivity contribution in [2.24, 2.45) is 0 Å². The molecular formula is C17H18N2O4. The molecule has 2 N–H and O–H groups in total. The minimum Gasteiger partial charge on any atom is -0.497 e. The molecule has 0 unspecified atom stereocenters. The van der Waals surface area contributed by atoms with E-state index in [1.807, 2.05) is 0 Å². The molecule has 0 aromatic heterocycles. The molecule has 0 aliphatic carbocycles. The van der Waals surface area contributed by atoms with Gasteiger partial charge in [-0.1, -0.05) is 0 Å². The van der Waals surface area contributed by atoms with E-state index >= 15 is 0 Å². The predicted octanol–water partition coefficient (Wildman–Crippen LogP) is 1.82. The zero-order chi connectivity index (χ0) is 16.7. The lowest BCUT2D eigenvalue weighted by Gasteiger charge is -2.08. The Kier molecular flexibility index (Phi) is 5.57. The molecule has 0 saturated heterocycles. The fourth-order valence-electron chi connectivity index (χ4n) is 1.89. The van der Waals surface area contributed by atoms with Crippen LogP contribution in [0, 0.1) is 0 Å². The molecule has 0 heterocycles. The van der Waals surface area contributed by atoms with Crippen LogP contribution < -0.4 is 20.1 Å². The van der Waals surface area contributed by atoms with Crippen molar-refractivity contribution in [2.75, 3.05) is 20.9 Å². The summed E-state index contributed by atoms with van der Waals surface area (Å²) >= 11 is 0. The lowest BCUT2D eigenvalue weighted by molar-refractivity contribution is 0.0920. The molecule has 6 nitrogen and oxygen atoms in total. The van der Waals surface area contributed by atoms with E-state index in [0.29, 0.717) is 22.6 Å². The maximum Gasteiger partial charge on any atom is 0.252 e. The van der Waals surface area contributed by atoms with E-state index in [2.05, 4.69) is 10.6 Å². The van der Waals surface area contributed by atoms with Crippen LogP contribution in [0.4, 0.5) is 0 Å². The molecule has 0 aliphatic heterocycles. The predicted molar refractivity (Wildman–Crippen MR) is 85.8 cm³/mol. The molecule has 0 aliphatic rings. The highest BCUT2D eigenvalue weighted by Crippen LogP contribution is 2.12. The van der Waals surface area contributed by atoms with Gasteiger partial charge in [0.2, 0.25) is 0 Å². The van der Waals surface area contributed by atoms with Gasteiger partial charge in [-0.2, -0.15) is 0 Å². The summed E-state index contributed by atoms with van der Waals surface area (Å²) in [4.78, 5) is 23.9. The Hall–Kier alpha value is -3.02. The molecular weight excluding hydrogens is 296 g/mol. The van der Waals surface area contributed by atoms with Crippen LogP contribution in [0.15, 0.2) is 48.5 Å². The second-order valence-electron chi connectivity index (χ2n) is 4.65. The first-order valence-corrected chi connectivity index (χ1v) is 6.98. The van der Waals surface area contributed by atoms with Gasteiger partial charge in [-0.25, -0.2) is 0 Å². The molecule has 0 bridgehead atoms. The molecule has 6 heteroatoms. The van der Waals surface area contributed by atoms with Crippen molar-refractivity contribution in [3.63, 3.8) is 0 Å². The molecule has 0 spiro atoms. The number of hydrogen-bond donors (Lipinski definition) is 2. The topological polar surface area (TPSA) is 76.7 Å². The minimum atomic E-state index is -0.275. The highest BCUT2D eigenvalue weighted by molar-refractivity contribution is 5.96. The average Bonchev–Trinajstić information content (AvgIpc) is 2.61. The lowest BCUT2D eigenvalue weighted by atomic mass is 10.2. The molecule has 23 heavy (non-hydrogen) atoms. The van der Waals surface area contributed by atoms with Crippen LogP contribution in [0.3, 0.4) is 0 Å². The number of rotatable bonds is 6. The SMILES string of the molecule is COc1ccc(C(=O)NCNC(=O)c2ccc(OC)cc2)cc1. The first-order valence-electron chi connectivity index (χ1n) is 6.98. The number of nitrogens with one attached hydrogen (secondary N) is 2. The highest BCUT2D eigenvalue weighted by Gasteiger charge is 2.07. The van der Waals surface area contributed by atoms with Crippen LogP contribution >= 0.6 is 0 Å². The Morgan fingerprint density at radius 3 is 1.39 bits per heavy atom. The van der Waals surface area contributed by atoms with E-state index < -0.39 is 0 Å². The number of methoxy groups -OCH3 is 2. The minimum absolute atomic E-state index is 0.0374. The van der Waals surface area contributed by atoms with E-state index in [4.69, 9.17) is 9.47 Å². The van der Waals surface area contributed by atoms with Crippen LogP contribution in [0.2, 0.25) is 0 Å². The first kappa shape index (κ1) is 16.4. The number of ether oxygens (including phenoxy) is 2. The first-order chi connectivity index (χ1) is 11.1. The molecule has 0 atom stereocenters. The summed E-state index contributed by atoms with van der Waals surface area (Å²) in [6.07, 6.45) is 0.